The van der Waals surface area contributed by atoms with Crippen LogP contribution in [0.4, 0.5) is 0 Å². The number of para-hydroxylation sites is 2. The number of benzene rings is 10. The molecule has 0 aliphatic rings. The summed E-state index contributed by atoms with van der Waals surface area (Å²) < 4.78 is 15.9. The first-order chi connectivity index (χ1) is 39.4. The average molecular weight is 1030 g/mol. The molecule has 0 saturated carbocycles. The summed E-state index contributed by atoms with van der Waals surface area (Å²) in [5.41, 5.74) is 12.0. The molecule has 10 aromatic carbocycles. The number of ether oxygens (including phenoxy) is 2. The Hall–Kier alpha value is -11.3. The van der Waals surface area contributed by atoms with Crippen molar-refractivity contribution in [3.8, 4) is 68.8 Å². The Morgan fingerprint density at radius 3 is 1.32 bits per heavy atom. The second-order valence-electron chi connectivity index (χ2n) is 19.2. The lowest BCUT2D eigenvalue weighted by Gasteiger charge is -2.18. The summed E-state index contributed by atoms with van der Waals surface area (Å²) in [7, 11) is 0. The van der Waals surface area contributed by atoms with Crippen LogP contribution in [-0.4, -0.2) is 36.0 Å². The van der Waals surface area contributed by atoms with E-state index in [2.05, 4.69) is 33.4 Å². The molecule has 0 aliphatic heterocycles. The molecule has 13 rings (SSSR count). The maximum absolute atomic E-state index is 13.7. The molecule has 0 aliphatic carbocycles. The minimum absolute atomic E-state index is 0.140. The lowest BCUT2D eigenvalue weighted by atomic mass is 9.99. The molecule has 0 amide bonds. The van der Waals surface area contributed by atoms with Gasteiger partial charge in [0.05, 0.1) is 67.8 Å². The molecule has 0 bridgehead atoms. The maximum atomic E-state index is 13.7. The number of nitriles is 2. The van der Waals surface area contributed by atoms with Gasteiger partial charge in [-0.05, 0) is 113 Å². The topological polar surface area (TPSA) is 149 Å². The summed E-state index contributed by atoms with van der Waals surface area (Å²) in [6, 6.07) is 79.8. The molecule has 3 heterocycles. The van der Waals surface area contributed by atoms with Crippen LogP contribution in [0.1, 0.15) is 43.0 Å². The lowest BCUT2D eigenvalue weighted by molar-refractivity contribution is 0.0464. The number of fused-ring (bicyclic) bond motifs is 6. The normalized spacial score (nSPS) is 11.2. The SMILES string of the molecule is N#Cc1ccc(-c2ccc(-n3c4ccccc4c4cc(C(=O)OCc5ccccc5)ccc43)c(-c3nc(-c4ccccc4)nc(-c4cc(C#N)ccc4-n4c5ccccc5c5cc(C(=O)OCc6ccccc6)ccc54)n3)c2)cc1. The summed E-state index contributed by atoms with van der Waals surface area (Å²) in [5, 5.41) is 23.8. The number of esters is 2. The van der Waals surface area contributed by atoms with E-state index in [0.29, 0.717) is 56.5 Å². The van der Waals surface area contributed by atoms with Crippen molar-refractivity contribution in [3.63, 3.8) is 0 Å². The van der Waals surface area contributed by atoms with Crippen LogP contribution in [0, 0.1) is 22.7 Å². The molecule has 378 valence electrons. The van der Waals surface area contributed by atoms with E-state index in [9.17, 15) is 20.1 Å². The van der Waals surface area contributed by atoms with Gasteiger partial charge in [0, 0.05) is 38.2 Å². The Morgan fingerprint density at radius 1 is 0.375 bits per heavy atom. The van der Waals surface area contributed by atoms with E-state index in [4.69, 9.17) is 24.4 Å². The number of carbonyl (C=O) groups excluding carboxylic acids is 2. The van der Waals surface area contributed by atoms with Crippen LogP contribution in [0.3, 0.4) is 0 Å². The molecule has 0 N–H and O–H groups in total. The third-order valence-electron chi connectivity index (χ3n) is 14.3. The number of nitrogens with zero attached hydrogens (tertiary/aromatic N) is 7. The largest absolute Gasteiger partial charge is 0.457 e. The van der Waals surface area contributed by atoms with E-state index in [1.807, 2.05) is 194 Å². The van der Waals surface area contributed by atoms with Crippen LogP contribution in [0.15, 0.2) is 237 Å². The Bertz CT molecular complexity index is 4650. The fourth-order valence-electron chi connectivity index (χ4n) is 10.5. The minimum Gasteiger partial charge on any atom is -0.457 e. The van der Waals surface area contributed by atoms with Crippen LogP contribution >= 0.6 is 0 Å². The van der Waals surface area contributed by atoms with E-state index >= 15 is 0 Å². The molecule has 0 atom stereocenters. The van der Waals surface area contributed by atoms with Gasteiger partial charge in [-0.1, -0.05) is 146 Å². The Labute approximate surface area is 459 Å². The van der Waals surface area contributed by atoms with Crippen LogP contribution < -0.4 is 0 Å². The van der Waals surface area contributed by atoms with Crippen LogP contribution in [0.2, 0.25) is 0 Å². The molecule has 0 unspecified atom stereocenters. The summed E-state index contributed by atoms with van der Waals surface area (Å²) >= 11 is 0. The molecule has 0 spiro atoms. The van der Waals surface area contributed by atoms with Crippen molar-refractivity contribution in [1.29, 1.82) is 10.5 Å². The summed E-state index contributed by atoms with van der Waals surface area (Å²) in [4.78, 5) is 43.3. The van der Waals surface area contributed by atoms with Crippen molar-refractivity contribution in [2.24, 2.45) is 0 Å². The number of rotatable bonds is 12. The zero-order chi connectivity index (χ0) is 54.1. The molecule has 11 nitrogen and oxygen atoms in total. The van der Waals surface area contributed by atoms with Crippen molar-refractivity contribution in [2.45, 2.75) is 13.2 Å². The molecule has 80 heavy (non-hydrogen) atoms. The van der Waals surface area contributed by atoms with Crippen molar-refractivity contribution in [1.82, 2.24) is 24.1 Å². The Kier molecular flexibility index (Phi) is 12.5. The van der Waals surface area contributed by atoms with Gasteiger partial charge in [0.15, 0.2) is 17.5 Å². The van der Waals surface area contributed by atoms with Crippen molar-refractivity contribution in [2.75, 3.05) is 0 Å². The standard InChI is InChI=1S/C69H43N7O4/c70-40-44-24-27-48(28-25-44)50-29-33-64(76-60-23-13-11-21-54(60)56-39-52(31-35-62(56)76)69(78)80-43-46-16-6-2-7-17-46)58(37-50)67-73-65(49-18-8-3-9-19-49)72-66(74-67)57-36-47(41-71)26-32-63(57)75-59-22-12-10-20-53(59)55-38-51(30-34-61(55)75)68(77)79-42-45-14-4-1-5-15-45/h1-39H,42-43H2. The smallest absolute Gasteiger partial charge is 0.338 e. The predicted octanol–water partition coefficient (Wildman–Crippen LogP) is 15.2. The van der Waals surface area contributed by atoms with E-state index in [0.717, 1.165) is 77.1 Å². The summed E-state index contributed by atoms with van der Waals surface area (Å²) in [5.74, 6) is 0.181. The zero-order valence-electron chi connectivity index (χ0n) is 42.7. The first-order valence-corrected chi connectivity index (χ1v) is 25.9. The molecule has 0 saturated heterocycles. The minimum atomic E-state index is -0.440. The van der Waals surface area contributed by atoms with E-state index in [-0.39, 0.29) is 13.2 Å². The predicted molar refractivity (Wildman–Crippen MR) is 311 cm³/mol. The molecular formula is C69H43N7O4. The second kappa shape index (κ2) is 20.7. The van der Waals surface area contributed by atoms with Gasteiger partial charge < -0.3 is 18.6 Å². The van der Waals surface area contributed by atoms with Gasteiger partial charge in [-0.25, -0.2) is 24.5 Å². The van der Waals surface area contributed by atoms with Crippen LogP contribution in [0.25, 0.3) is 100 Å². The molecule has 0 radical (unpaired) electrons. The Morgan fingerprint density at radius 2 is 0.800 bits per heavy atom. The van der Waals surface area contributed by atoms with Gasteiger partial charge in [0.1, 0.15) is 13.2 Å². The van der Waals surface area contributed by atoms with E-state index in [1.165, 1.54) is 0 Å². The van der Waals surface area contributed by atoms with E-state index in [1.54, 1.807) is 30.3 Å². The van der Waals surface area contributed by atoms with Gasteiger partial charge in [-0.3, -0.25) is 0 Å². The Balaban J connectivity index is 1.01. The average Bonchev–Trinajstić information content (AvgIpc) is 4.16. The van der Waals surface area contributed by atoms with Gasteiger partial charge >= 0.3 is 11.9 Å². The highest BCUT2D eigenvalue weighted by Crippen LogP contribution is 2.41. The van der Waals surface area contributed by atoms with Crippen LogP contribution in [-0.2, 0) is 22.7 Å². The highest BCUT2D eigenvalue weighted by atomic mass is 16.5. The maximum Gasteiger partial charge on any atom is 0.338 e. The van der Waals surface area contributed by atoms with Crippen molar-refractivity contribution in [3.05, 3.63) is 270 Å². The van der Waals surface area contributed by atoms with Gasteiger partial charge in [-0.15, -0.1) is 0 Å². The molecule has 0 fully saturated rings. The summed E-state index contributed by atoms with van der Waals surface area (Å²) in [6.45, 7) is 0.282. The van der Waals surface area contributed by atoms with Crippen molar-refractivity contribution < 1.29 is 19.1 Å². The molecule has 11 heteroatoms. The molecule has 3 aromatic heterocycles. The number of aromatic nitrogens is 5. The van der Waals surface area contributed by atoms with E-state index < -0.39 is 11.9 Å². The quantitative estimate of drug-likeness (QED) is 0.109. The fraction of sp³-hybridized carbons (Fsp3) is 0.0290. The first kappa shape index (κ1) is 48.4. The fourth-order valence-corrected chi connectivity index (χ4v) is 10.5. The second-order valence-corrected chi connectivity index (χ2v) is 19.2. The highest BCUT2D eigenvalue weighted by Gasteiger charge is 2.25. The number of carbonyl (C=O) groups is 2. The van der Waals surface area contributed by atoms with Crippen molar-refractivity contribution >= 4 is 55.6 Å². The van der Waals surface area contributed by atoms with Gasteiger partial charge in [0.25, 0.3) is 0 Å². The molecular weight excluding hydrogens is 991 g/mol. The third kappa shape index (κ3) is 9.03. The third-order valence-corrected chi connectivity index (χ3v) is 14.3. The number of hydrogen-bond acceptors (Lipinski definition) is 9. The first-order valence-electron chi connectivity index (χ1n) is 25.9. The van der Waals surface area contributed by atoms with Gasteiger partial charge in [-0.2, -0.15) is 10.5 Å². The summed E-state index contributed by atoms with van der Waals surface area (Å²) in [6.07, 6.45) is 0. The van der Waals surface area contributed by atoms with Gasteiger partial charge in [0.2, 0.25) is 0 Å². The molecule has 13 aromatic rings. The number of hydrogen-bond donors (Lipinski definition) is 0. The lowest BCUT2D eigenvalue weighted by Crippen LogP contribution is -2.06. The zero-order valence-corrected chi connectivity index (χ0v) is 42.7. The van der Waals surface area contributed by atoms with Crippen LogP contribution in [0.5, 0.6) is 0 Å². The highest BCUT2D eigenvalue weighted by molar-refractivity contribution is 6.13. The monoisotopic (exact) mass is 1030 g/mol.